The monoisotopic (exact) mass is 416 g/mol. The molecule has 2 aromatic rings. The maximum Gasteiger partial charge on any atom is 0.443 e. The van der Waals surface area contributed by atoms with Gasteiger partial charge in [-0.05, 0) is 31.0 Å². The predicted molar refractivity (Wildman–Crippen MR) is 94.7 cm³/mol. The summed E-state index contributed by atoms with van der Waals surface area (Å²) >= 11 is 0.498. The molecule has 1 aromatic carbocycles. The van der Waals surface area contributed by atoms with Gasteiger partial charge in [0.2, 0.25) is 6.23 Å². The van der Waals surface area contributed by atoms with E-state index in [1.807, 2.05) is 6.92 Å². The minimum Gasteiger partial charge on any atom is -0.508 e. The maximum absolute atomic E-state index is 12.8. The molecular formula is C18H19F3N2O4S. The minimum absolute atomic E-state index is 0.144. The molecule has 152 valence electrons. The molecule has 10 heteroatoms. The second kappa shape index (κ2) is 8.06. The van der Waals surface area contributed by atoms with Crippen molar-refractivity contribution in [3.8, 4) is 5.75 Å². The Labute approximate surface area is 163 Å². The van der Waals surface area contributed by atoms with Crippen molar-refractivity contribution in [3.63, 3.8) is 0 Å². The fourth-order valence-corrected chi connectivity index (χ4v) is 3.81. The summed E-state index contributed by atoms with van der Waals surface area (Å²) in [5, 5.41) is 9.75. The Balaban J connectivity index is 1.77. The zero-order valence-corrected chi connectivity index (χ0v) is 16.0. The SMILES string of the molecule is COC(=O)C1OC(c2csc(C(F)(F)F)n2)CN1C(C)Cc1ccc(O)cc1. The Morgan fingerprint density at radius 3 is 2.68 bits per heavy atom. The van der Waals surface area contributed by atoms with E-state index in [-0.39, 0.29) is 24.0 Å². The first-order valence-electron chi connectivity index (χ1n) is 8.48. The summed E-state index contributed by atoms with van der Waals surface area (Å²) in [6, 6.07) is 6.50. The summed E-state index contributed by atoms with van der Waals surface area (Å²) < 4.78 is 49.0. The van der Waals surface area contributed by atoms with E-state index in [1.54, 1.807) is 29.2 Å². The minimum atomic E-state index is -4.52. The Morgan fingerprint density at radius 1 is 1.43 bits per heavy atom. The molecule has 0 aliphatic carbocycles. The molecule has 3 unspecified atom stereocenters. The van der Waals surface area contributed by atoms with Gasteiger partial charge in [-0.3, -0.25) is 4.90 Å². The Kier molecular flexibility index (Phi) is 5.92. The fraction of sp³-hybridized carbons (Fsp3) is 0.444. The van der Waals surface area contributed by atoms with Gasteiger partial charge < -0.3 is 14.6 Å². The van der Waals surface area contributed by atoms with E-state index in [0.29, 0.717) is 17.8 Å². The normalized spacial score (nSPS) is 21.6. The molecule has 1 aromatic heterocycles. The maximum atomic E-state index is 12.8. The number of benzene rings is 1. The van der Waals surface area contributed by atoms with Crippen LogP contribution in [0, 0.1) is 0 Å². The van der Waals surface area contributed by atoms with Gasteiger partial charge in [0.25, 0.3) is 0 Å². The molecule has 0 radical (unpaired) electrons. The highest BCUT2D eigenvalue weighted by Crippen LogP contribution is 2.36. The molecule has 28 heavy (non-hydrogen) atoms. The van der Waals surface area contributed by atoms with Crippen LogP contribution in [0.25, 0.3) is 0 Å². The number of carbonyl (C=O) groups excluding carboxylic acids is 1. The van der Waals surface area contributed by atoms with Crippen molar-refractivity contribution in [1.82, 2.24) is 9.88 Å². The number of phenols is 1. The van der Waals surface area contributed by atoms with Crippen LogP contribution < -0.4 is 0 Å². The molecule has 1 aliphatic rings. The zero-order chi connectivity index (χ0) is 20.5. The van der Waals surface area contributed by atoms with E-state index >= 15 is 0 Å². The highest BCUT2D eigenvalue weighted by atomic mass is 32.1. The van der Waals surface area contributed by atoms with Crippen LogP contribution >= 0.6 is 11.3 Å². The number of ether oxygens (including phenoxy) is 2. The van der Waals surface area contributed by atoms with Crippen LogP contribution in [0.5, 0.6) is 5.75 Å². The summed E-state index contributed by atoms with van der Waals surface area (Å²) in [5.74, 6) is -0.469. The summed E-state index contributed by atoms with van der Waals surface area (Å²) in [6.07, 6.45) is -5.76. The van der Waals surface area contributed by atoms with E-state index in [0.717, 1.165) is 5.56 Å². The predicted octanol–water partition coefficient (Wildman–Crippen LogP) is 3.37. The van der Waals surface area contributed by atoms with Crippen molar-refractivity contribution >= 4 is 17.3 Å². The lowest BCUT2D eigenvalue weighted by molar-refractivity contribution is -0.162. The van der Waals surface area contributed by atoms with Crippen molar-refractivity contribution in [1.29, 1.82) is 0 Å². The first kappa shape index (κ1) is 20.6. The molecule has 2 heterocycles. The number of alkyl halides is 3. The van der Waals surface area contributed by atoms with Gasteiger partial charge in [-0.2, -0.15) is 13.2 Å². The largest absolute Gasteiger partial charge is 0.508 e. The molecule has 1 fully saturated rings. The quantitative estimate of drug-likeness (QED) is 0.754. The average Bonchev–Trinajstić information content (AvgIpc) is 3.29. The van der Waals surface area contributed by atoms with Crippen LogP contribution in [0.15, 0.2) is 29.6 Å². The van der Waals surface area contributed by atoms with Crippen molar-refractivity contribution in [2.45, 2.75) is 37.9 Å². The number of thiazole rings is 1. The lowest BCUT2D eigenvalue weighted by Gasteiger charge is -2.27. The molecule has 0 amide bonds. The van der Waals surface area contributed by atoms with Gasteiger partial charge in [-0.25, -0.2) is 9.78 Å². The molecule has 1 N–H and O–H groups in total. The molecule has 3 atom stereocenters. The molecule has 3 rings (SSSR count). The number of aromatic nitrogens is 1. The topological polar surface area (TPSA) is 71.9 Å². The third-order valence-electron chi connectivity index (χ3n) is 4.50. The second-order valence-electron chi connectivity index (χ2n) is 6.49. The lowest BCUT2D eigenvalue weighted by Crippen LogP contribution is -2.44. The van der Waals surface area contributed by atoms with Crippen LogP contribution in [-0.2, 0) is 26.9 Å². The van der Waals surface area contributed by atoms with Crippen molar-refractivity contribution in [2.24, 2.45) is 0 Å². The second-order valence-corrected chi connectivity index (χ2v) is 7.35. The van der Waals surface area contributed by atoms with Crippen molar-refractivity contribution in [3.05, 3.63) is 45.9 Å². The number of phenolic OH excluding ortho intramolecular Hbond substituents is 1. The Bertz CT molecular complexity index is 825. The van der Waals surface area contributed by atoms with Crippen molar-refractivity contribution in [2.75, 3.05) is 13.7 Å². The molecule has 1 saturated heterocycles. The van der Waals surface area contributed by atoms with E-state index in [9.17, 15) is 23.1 Å². The molecule has 0 spiro atoms. The number of nitrogens with zero attached hydrogens (tertiary/aromatic N) is 2. The van der Waals surface area contributed by atoms with Gasteiger partial charge in [0.05, 0.1) is 12.8 Å². The first-order valence-corrected chi connectivity index (χ1v) is 9.36. The number of esters is 1. The van der Waals surface area contributed by atoms with E-state index in [2.05, 4.69) is 4.98 Å². The number of hydrogen-bond acceptors (Lipinski definition) is 7. The van der Waals surface area contributed by atoms with Crippen LogP contribution in [0.3, 0.4) is 0 Å². The van der Waals surface area contributed by atoms with E-state index in [4.69, 9.17) is 9.47 Å². The van der Waals surface area contributed by atoms with Crippen LogP contribution in [0.2, 0.25) is 0 Å². The zero-order valence-electron chi connectivity index (χ0n) is 15.1. The van der Waals surface area contributed by atoms with Crippen LogP contribution in [0.4, 0.5) is 13.2 Å². The average molecular weight is 416 g/mol. The fourth-order valence-electron chi connectivity index (χ4n) is 3.08. The molecule has 0 bridgehead atoms. The first-order chi connectivity index (χ1) is 13.2. The molecule has 0 saturated carbocycles. The van der Waals surface area contributed by atoms with Crippen molar-refractivity contribution < 1.29 is 32.5 Å². The molecule has 6 nitrogen and oxygen atoms in total. The van der Waals surface area contributed by atoms with Crippen LogP contribution in [0.1, 0.15) is 29.3 Å². The standard InChI is InChI=1S/C18H19F3N2O4S/c1-10(7-11-3-5-12(24)6-4-11)23-8-14(27-15(23)16(25)26-2)13-9-28-17(22-13)18(19,20)21/h3-6,9-10,14-15,24H,7-8H2,1-2H3. The van der Waals surface area contributed by atoms with E-state index in [1.165, 1.54) is 12.5 Å². The third kappa shape index (κ3) is 4.45. The highest BCUT2D eigenvalue weighted by molar-refractivity contribution is 7.09. The number of aromatic hydroxyl groups is 1. The molecular weight excluding hydrogens is 397 g/mol. The summed E-state index contributed by atoms with van der Waals surface area (Å²) in [6.45, 7) is 2.09. The Hall–Kier alpha value is -2.17. The number of rotatable bonds is 5. The lowest BCUT2D eigenvalue weighted by atomic mass is 10.1. The number of carbonyl (C=O) groups is 1. The van der Waals surface area contributed by atoms with Gasteiger partial charge in [0.1, 0.15) is 11.9 Å². The number of methoxy groups -OCH3 is 1. The Morgan fingerprint density at radius 2 is 2.11 bits per heavy atom. The molecule has 1 aliphatic heterocycles. The summed E-state index contributed by atoms with van der Waals surface area (Å²) in [5.41, 5.74) is 1.08. The summed E-state index contributed by atoms with van der Waals surface area (Å²) in [4.78, 5) is 17.5. The number of halogens is 3. The smallest absolute Gasteiger partial charge is 0.443 e. The van der Waals surface area contributed by atoms with Gasteiger partial charge in [-0.1, -0.05) is 12.1 Å². The van der Waals surface area contributed by atoms with Gasteiger partial charge in [0, 0.05) is 18.0 Å². The van der Waals surface area contributed by atoms with Gasteiger partial charge in [-0.15, -0.1) is 11.3 Å². The van der Waals surface area contributed by atoms with Gasteiger partial charge >= 0.3 is 12.1 Å². The number of hydrogen-bond donors (Lipinski definition) is 1. The van der Waals surface area contributed by atoms with E-state index < -0.39 is 29.5 Å². The highest BCUT2D eigenvalue weighted by Gasteiger charge is 2.43. The summed E-state index contributed by atoms with van der Waals surface area (Å²) in [7, 11) is 1.23. The van der Waals surface area contributed by atoms with Gasteiger partial charge in [0.15, 0.2) is 5.01 Å². The third-order valence-corrected chi connectivity index (χ3v) is 5.41. The van der Waals surface area contributed by atoms with Crippen LogP contribution in [-0.4, -0.2) is 46.9 Å².